The summed E-state index contributed by atoms with van der Waals surface area (Å²) >= 11 is 0. The van der Waals surface area contributed by atoms with Gasteiger partial charge in [-0.3, -0.25) is 0 Å². The zero-order valence-electron chi connectivity index (χ0n) is 11.9. The quantitative estimate of drug-likeness (QED) is 0.491. The topological polar surface area (TPSA) is 15.8 Å². The molecule has 3 aromatic carbocycles. The summed E-state index contributed by atoms with van der Waals surface area (Å²) in [5, 5.41) is 0.891. The van der Waals surface area contributed by atoms with Crippen LogP contribution >= 0.6 is 0 Å². The summed E-state index contributed by atoms with van der Waals surface area (Å²) < 4.78 is 13.8. The molecule has 0 saturated heterocycles. The Hall–Kier alpha value is -2.87. The molecule has 0 aliphatic heterocycles. The third-order valence-electron chi connectivity index (χ3n) is 3.91. The normalized spacial score (nSPS) is 11.0. The van der Waals surface area contributed by atoms with Crippen molar-refractivity contribution < 1.29 is 4.39 Å². The minimum Gasteiger partial charge on any atom is -0.352 e. The number of fused-ring (bicyclic) bond motifs is 1. The summed E-state index contributed by atoms with van der Waals surface area (Å²) in [5.74, 6) is -0.218. The minimum absolute atomic E-state index is 0.218. The van der Waals surface area contributed by atoms with Gasteiger partial charge in [-0.1, -0.05) is 66.7 Å². The molecule has 0 fully saturated rings. The van der Waals surface area contributed by atoms with E-state index in [1.807, 2.05) is 30.3 Å². The molecule has 2 heteroatoms. The maximum Gasteiger partial charge on any atom is 0.147 e. The summed E-state index contributed by atoms with van der Waals surface area (Å²) in [7, 11) is 0. The molecule has 1 N–H and O–H groups in total. The van der Waals surface area contributed by atoms with Gasteiger partial charge in [0, 0.05) is 11.1 Å². The average Bonchev–Trinajstić information content (AvgIpc) is 3.02. The van der Waals surface area contributed by atoms with Crippen molar-refractivity contribution in [2.24, 2.45) is 0 Å². The summed E-state index contributed by atoms with van der Waals surface area (Å²) in [6, 6.07) is 25.7. The molecule has 0 radical (unpaired) electrons. The number of aromatic nitrogens is 1. The van der Waals surface area contributed by atoms with Crippen LogP contribution in [0.1, 0.15) is 0 Å². The Labute approximate surface area is 128 Å². The lowest BCUT2D eigenvalue weighted by Gasteiger charge is -2.03. The molecule has 4 rings (SSSR count). The van der Waals surface area contributed by atoms with Gasteiger partial charge in [-0.15, -0.1) is 0 Å². The molecule has 0 aliphatic carbocycles. The second-order valence-corrected chi connectivity index (χ2v) is 5.33. The monoisotopic (exact) mass is 287 g/mol. The summed E-state index contributed by atoms with van der Waals surface area (Å²) in [5.41, 5.74) is 4.91. The average molecular weight is 287 g/mol. The molecule has 0 amide bonds. The fourth-order valence-electron chi connectivity index (χ4n) is 2.75. The summed E-state index contributed by atoms with van der Waals surface area (Å²) in [4.78, 5) is 3.16. The van der Waals surface area contributed by atoms with Gasteiger partial charge in [0.15, 0.2) is 0 Å². The molecule has 4 aromatic rings. The van der Waals surface area contributed by atoms with Gasteiger partial charge in [0.25, 0.3) is 0 Å². The number of rotatable bonds is 2. The maximum absolute atomic E-state index is 13.8. The third kappa shape index (κ3) is 2.19. The van der Waals surface area contributed by atoms with E-state index in [9.17, 15) is 4.39 Å². The minimum atomic E-state index is -0.218. The van der Waals surface area contributed by atoms with Gasteiger partial charge in [0.05, 0.1) is 5.52 Å². The van der Waals surface area contributed by atoms with Gasteiger partial charge in [-0.05, 0) is 28.8 Å². The first-order valence-electron chi connectivity index (χ1n) is 7.24. The standard InChI is InChI=1S/C20H14FN/c21-18-8-4-7-17-13-19(22-20(17)18)16-11-9-15(10-12-16)14-5-2-1-3-6-14/h1-13,22H. The van der Waals surface area contributed by atoms with Gasteiger partial charge < -0.3 is 4.98 Å². The highest BCUT2D eigenvalue weighted by molar-refractivity contribution is 5.86. The van der Waals surface area contributed by atoms with Gasteiger partial charge in [-0.2, -0.15) is 0 Å². The zero-order chi connectivity index (χ0) is 14.9. The molecule has 0 atom stereocenters. The Morgan fingerprint density at radius 1 is 0.636 bits per heavy atom. The van der Waals surface area contributed by atoms with E-state index in [2.05, 4.69) is 41.4 Å². The van der Waals surface area contributed by atoms with Crippen LogP contribution in [0.3, 0.4) is 0 Å². The van der Waals surface area contributed by atoms with Crippen molar-refractivity contribution in [1.82, 2.24) is 4.98 Å². The van der Waals surface area contributed by atoms with E-state index in [0.717, 1.165) is 16.6 Å². The predicted octanol–water partition coefficient (Wildman–Crippen LogP) is 5.64. The fraction of sp³-hybridized carbons (Fsp3) is 0. The lowest BCUT2D eigenvalue weighted by atomic mass is 10.0. The first-order chi connectivity index (χ1) is 10.8. The largest absolute Gasteiger partial charge is 0.352 e. The molecule has 0 unspecified atom stereocenters. The van der Waals surface area contributed by atoms with Gasteiger partial charge in [-0.25, -0.2) is 4.39 Å². The van der Waals surface area contributed by atoms with Crippen LogP contribution in [-0.2, 0) is 0 Å². The fourth-order valence-corrected chi connectivity index (χ4v) is 2.75. The number of nitrogens with one attached hydrogen (secondary N) is 1. The number of halogens is 1. The third-order valence-corrected chi connectivity index (χ3v) is 3.91. The number of hydrogen-bond donors (Lipinski definition) is 1. The second kappa shape index (κ2) is 5.15. The van der Waals surface area contributed by atoms with Crippen LogP contribution in [0.25, 0.3) is 33.3 Å². The van der Waals surface area contributed by atoms with Gasteiger partial charge in [0.1, 0.15) is 5.82 Å². The highest BCUT2D eigenvalue weighted by atomic mass is 19.1. The molecule has 1 aromatic heterocycles. The smallest absolute Gasteiger partial charge is 0.147 e. The van der Waals surface area contributed by atoms with Crippen molar-refractivity contribution in [2.45, 2.75) is 0 Å². The van der Waals surface area contributed by atoms with Crippen molar-refractivity contribution in [3.8, 4) is 22.4 Å². The van der Waals surface area contributed by atoms with E-state index in [1.165, 1.54) is 17.2 Å². The van der Waals surface area contributed by atoms with E-state index in [4.69, 9.17) is 0 Å². The van der Waals surface area contributed by atoms with Crippen LogP contribution in [0.5, 0.6) is 0 Å². The van der Waals surface area contributed by atoms with Gasteiger partial charge in [0.2, 0.25) is 0 Å². The molecule has 0 saturated carbocycles. The first kappa shape index (κ1) is 12.8. The van der Waals surface area contributed by atoms with Crippen molar-refractivity contribution >= 4 is 10.9 Å². The summed E-state index contributed by atoms with van der Waals surface area (Å²) in [6.07, 6.45) is 0. The lowest BCUT2D eigenvalue weighted by Crippen LogP contribution is -1.80. The number of para-hydroxylation sites is 1. The van der Waals surface area contributed by atoms with Crippen molar-refractivity contribution in [2.75, 3.05) is 0 Å². The van der Waals surface area contributed by atoms with Gasteiger partial charge >= 0.3 is 0 Å². The molecular weight excluding hydrogens is 273 g/mol. The van der Waals surface area contributed by atoms with Crippen LogP contribution in [0, 0.1) is 5.82 Å². The molecule has 0 spiro atoms. The van der Waals surface area contributed by atoms with E-state index < -0.39 is 0 Å². The molecule has 22 heavy (non-hydrogen) atoms. The Morgan fingerprint density at radius 2 is 1.32 bits per heavy atom. The van der Waals surface area contributed by atoms with Crippen molar-refractivity contribution in [3.63, 3.8) is 0 Å². The molecule has 1 nitrogen and oxygen atoms in total. The SMILES string of the molecule is Fc1cccc2cc(-c3ccc(-c4ccccc4)cc3)[nH]c12. The highest BCUT2D eigenvalue weighted by Crippen LogP contribution is 2.27. The van der Waals surface area contributed by atoms with E-state index in [0.29, 0.717) is 5.52 Å². The van der Waals surface area contributed by atoms with Crippen LogP contribution < -0.4 is 0 Å². The van der Waals surface area contributed by atoms with Crippen molar-refractivity contribution in [3.05, 3.63) is 84.7 Å². The first-order valence-corrected chi connectivity index (χ1v) is 7.24. The molecule has 0 aliphatic rings. The van der Waals surface area contributed by atoms with Crippen LogP contribution in [0.4, 0.5) is 4.39 Å². The Balaban J connectivity index is 1.74. The Morgan fingerprint density at radius 3 is 2.05 bits per heavy atom. The van der Waals surface area contributed by atoms with E-state index >= 15 is 0 Å². The van der Waals surface area contributed by atoms with Crippen molar-refractivity contribution in [1.29, 1.82) is 0 Å². The highest BCUT2D eigenvalue weighted by Gasteiger charge is 2.07. The van der Waals surface area contributed by atoms with Crippen LogP contribution in [0.2, 0.25) is 0 Å². The number of H-pyrrole nitrogens is 1. The Bertz CT molecular complexity index is 921. The summed E-state index contributed by atoms with van der Waals surface area (Å²) in [6.45, 7) is 0. The zero-order valence-corrected chi connectivity index (χ0v) is 11.9. The number of hydrogen-bond acceptors (Lipinski definition) is 0. The number of benzene rings is 3. The second-order valence-electron chi connectivity index (χ2n) is 5.33. The molecule has 106 valence electrons. The molecule has 0 bridgehead atoms. The van der Waals surface area contributed by atoms with E-state index in [1.54, 1.807) is 6.07 Å². The number of aromatic amines is 1. The van der Waals surface area contributed by atoms with Crippen LogP contribution in [-0.4, -0.2) is 4.98 Å². The lowest BCUT2D eigenvalue weighted by molar-refractivity contribution is 0.637. The van der Waals surface area contributed by atoms with E-state index in [-0.39, 0.29) is 5.82 Å². The molecular formula is C20H14FN. The Kier molecular flexibility index (Phi) is 3.01. The van der Waals surface area contributed by atoms with Crippen LogP contribution in [0.15, 0.2) is 78.9 Å². The maximum atomic E-state index is 13.8. The predicted molar refractivity (Wildman–Crippen MR) is 89.1 cm³/mol. The molecule has 1 heterocycles.